The summed E-state index contributed by atoms with van der Waals surface area (Å²) in [6.07, 6.45) is -1.45. The second-order valence-electron chi connectivity index (χ2n) is 2.87. The maximum atomic E-state index is 12.9. The molecular formula is C9H15FO4. The molecule has 0 fully saturated rings. The van der Waals surface area contributed by atoms with Crippen molar-refractivity contribution in [2.75, 3.05) is 6.61 Å². The van der Waals surface area contributed by atoms with E-state index in [0.717, 1.165) is 0 Å². The number of hydrogen-bond acceptors (Lipinski definition) is 3. The first-order chi connectivity index (χ1) is 6.56. The summed E-state index contributed by atoms with van der Waals surface area (Å²) < 4.78 is 17.5. The minimum Gasteiger partial charge on any atom is -0.481 e. The number of ether oxygens (including phenoxy) is 1. The van der Waals surface area contributed by atoms with E-state index in [1.165, 1.54) is 0 Å². The Balaban J connectivity index is 3.48. The van der Waals surface area contributed by atoms with E-state index in [4.69, 9.17) is 5.11 Å². The standard InChI is InChI=1S/C9H15FO4/c1-2-14-9(13)6-4-7(10)3-5-8(11)12/h7H,2-6H2,1H3,(H,11,12). The number of hydrogen-bond donors (Lipinski definition) is 1. The topological polar surface area (TPSA) is 63.6 Å². The molecule has 1 N–H and O–H groups in total. The molecule has 0 aromatic carbocycles. The summed E-state index contributed by atoms with van der Waals surface area (Å²) in [6, 6.07) is 0. The number of aliphatic carboxylic acids is 1. The fraction of sp³-hybridized carbons (Fsp3) is 0.778. The largest absolute Gasteiger partial charge is 0.481 e. The molecule has 4 nitrogen and oxygen atoms in total. The van der Waals surface area contributed by atoms with Crippen LogP contribution in [0.4, 0.5) is 4.39 Å². The smallest absolute Gasteiger partial charge is 0.305 e. The Kier molecular flexibility index (Phi) is 6.70. The summed E-state index contributed by atoms with van der Waals surface area (Å²) in [5, 5.41) is 8.27. The average Bonchev–Trinajstić information content (AvgIpc) is 2.12. The third-order valence-electron chi connectivity index (χ3n) is 1.64. The van der Waals surface area contributed by atoms with Gasteiger partial charge in [-0.15, -0.1) is 0 Å². The number of carbonyl (C=O) groups excluding carboxylic acids is 1. The Morgan fingerprint density at radius 3 is 2.43 bits per heavy atom. The fourth-order valence-corrected chi connectivity index (χ4v) is 0.932. The monoisotopic (exact) mass is 206 g/mol. The summed E-state index contributed by atoms with van der Waals surface area (Å²) in [5.74, 6) is -1.46. The number of alkyl halides is 1. The molecule has 0 amide bonds. The number of rotatable bonds is 7. The van der Waals surface area contributed by atoms with Crippen molar-refractivity contribution < 1.29 is 23.8 Å². The van der Waals surface area contributed by atoms with Gasteiger partial charge in [0.15, 0.2) is 0 Å². The van der Waals surface area contributed by atoms with Gasteiger partial charge in [0.05, 0.1) is 6.61 Å². The van der Waals surface area contributed by atoms with Crippen LogP contribution in [0.3, 0.4) is 0 Å². The van der Waals surface area contributed by atoms with Gasteiger partial charge in [-0.3, -0.25) is 9.59 Å². The van der Waals surface area contributed by atoms with Crippen molar-refractivity contribution in [1.82, 2.24) is 0 Å². The van der Waals surface area contributed by atoms with Crippen molar-refractivity contribution in [2.24, 2.45) is 0 Å². The summed E-state index contributed by atoms with van der Waals surface area (Å²) in [5.41, 5.74) is 0. The third kappa shape index (κ3) is 7.52. The van der Waals surface area contributed by atoms with Crippen molar-refractivity contribution in [3.63, 3.8) is 0 Å². The molecule has 0 rings (SSSR count). The molecule has 1 unspecified atom stereocenters. The second-order valence-corrected chi connectivity index (χ2v) is 2.87. The number of carbonyl (C=O) groups is 2. The Hall–Kier alpha value is -1.13. The van der Waals surface area contributed by atoms with E-state index in [2.05, 4.69) is 4.74 Å². The van der Waals surface area contributed by atoms with Gasteiger partial charge in [-0.05, 0) is 19.8 Å². The van der Waals surface area contributed by atoms with Crippen LogP contribution in [0.25, 0.3) is 0 Å². The average molecular weight is 206 g/mol. The van der Waals surface area contributed by atoms with Crippen LogP contribution in [0.15, 0.2) is 0 Å². The second kappa shape index (κ2) is 7.29. The van der Waals surface area contributed by atoms with E-state index in [-0.39, 0.29) is 32.3 Å². The van der Waals surface area contributed by atoms with Crippen LogP contribution in [-0.4, -0.2) is 29.8 Å². The number of esters is 1. The molecule has 0 aromatic rings. The van der Waals surface area contributed by atoms with Crippen LogP contribution >= 0.6 is 0 Å². The maximum Gasteiger partial charge on any atom is 0.305 e. The summed E-state index contributed by atoms with van der Waals surface area (Å²) in [4.78, 5) is 20.9. The van der Waals surface area contributed by atoms with E-state index in [9.17, 15) is 14.0 Å². The first kappa shape index (κ1) is 12.9. The van der Waals surface area contributed by atoms with Gasteiger partial charge >= 0.3 is 11.9 Å². The van der Waals surface area contributed by atoms with Gasteiger partial charge in [0.1, 0.15) is 6.17 Å². The molecule has 0 heterocycles. The summed E-state index contributed by atoms with van der Waals surface area (Å²) in [6.45, 7) is 1.96. The zero-order chi connectivity index (χ0) is 11.0. The quantitative estimate of drug-likeness (QED) is 0.641. The normalized spacial score (nSPS) is 12.1. The Morgan fingerprint density at radius 1 is 1.36 bits per heavy atom. The highest BCUT2D eigenvalue weighted by Gasteiger charge is 2.11. The van der Waals surface area contributed by atoms with E-state index in [1.54, 1.807) is 6.92 Å². The fourth-order valence-electron chi connectivity index (χ4n) is 0.932. The molecule has 0 aliphatic heterocycles. The highest BCUT2D eigenvalue weighted by Crippen LogP contribution is 2.09. The highest BCUT2D eigenvalue weighted by atomic mass is 19.1. The Bertz CT molecular complexity index is 193. The van der Waals surface area contributed by atoms with E-state index >= 15 is 0 Å². The summed E-state index contributed by atoms with van der Waals surface area (Å²) in [7, 11) is 0. The van der Waals surface area contributed by atoms with Gasteiger partial charge in [-0.25, -0.2) is 4.39 Å². The molecule has 0 aliphatic carbocycles. The molecule has 0 spiro atoms. The molecule has 82 valence electrons. The van der Waals surface area contributed by atoms with Crippen molar-refractivity contribution in [2.45, 2.75) is 38.8 Å². The van der Waals surface area contributed by atoms with Crippen LogP contribution in [0, 0.1) is 0 Å². The molecule has 0 aromatic heterocycles. The van der Waals surface area contributed by atoms with E-state index in [1.807, 2.05) is 0 Å². The number of carboxylic acid groups (broad SMARTS) is 1. The predicted molar refractivity (Wildman–Crippen MR) is 47.6 cm³/mol. The van der Waals surface area contributed by atoms with Crippen LogP contribution in [0.1, 0.15) is 32.6 Å². The van der Waals surface area contributed by atoms with Crippen molar-refractivity contribution in [3.05, 3.63) is 0 Å². The molecule has 0 saturated carbocycles. The van der Waals surface area contributed by atoms with Crippen molar-refractivity contribution in [1.29, 1.82) is 0 Å². The molecule has 5 heteroatoms. The maximum absolute atomic E-state index is 12.9. The van der Waals surface area contributed by atoms with Crippen LogP contribution < -0.4 is 0 Å². The summed E-state index contributed by atoms with van der Waals surface area (Å²) >= 11 is 0. The molecule has 0 radical (unpaired) electrons. The van der Waals surface area contributed by atoms with Crippen molar-refractivity contribution in [3.8, 4) is 0 Å². The molecule has 0 aliphatic rings. The van der Waals surface area contributed by atoms with Crippen LogP contribution in [0.5, 0.6) is 0 Å². The Morgan fingerprint density at radius 2 is 1.93 bits per heavy atom. The van der Waals surface area contributed by atoms with Crippen LogP contribution in [0.2, 0.25) is 0 Å². The lowest BCUT2D eigenvalue weighted by molar-refractivity contribution is -0.143. The lowest BCUT2D eigenvalue weighted by Gasteiger charge is -2.05. The molecule has 14 heavy (non-hydrogen) atoms. The van der Waals surface area contributed by atoms with Crippen LogP contribution in [-0.2, 0) is 14.3 Å². The SMILES string of the molecule is CCOC(=O)CCC(F)CCC(=O)O. The zero-order valence-corrected chi connectivity index (χ0v) is 8.16. The lowest BCUT2D eigenvalue weighted by Crippen LogP contribution is -2.10. The minimum atomic E-state index is -1.24. The molecule has 0 saturated heterocycles. The van der Waals surface area contributed by atoms with E-state index < -0.39 is 18.1 Å². The predicted octanol–water partition coefficient (Wildman–Crippen LogP) is 1.53. The van der Waals surface area contributed by atoms with Gasteiger partial charge in [0, 0.05) is 12.8 Å². The first-order valence-electron chi connectivity index (χ1n) is 4.57. The van der Waals surface area contributed by atoms with Crippen molar-refractivity contribution >= 4 is 11.9 Å². The van der Waals surface area contributed by atoms with Gasteiger partial charge in [0.2, 0.25) is 0 Å². The Labute approximate surface area is 82.1 Å². The van der Waals surface area contributed by atoms with Gasteiger partial charge < -0.3 is 9.84 Å². The lowest BCUT2D eigenvalue weighted by atomic mass is 10.1. The van der Waals surface area contributed by atoms with Gasteiger partial charge in [-0.1, -0.05) is 0 Å². The molecule has 0 bridgehead atoms. The molecule has 1 atom stereocenters. The van der Waals surface area contributed by atoms with Gasteiger partial charge in [-0.2, -0.15) is 0 Å². The van der Waals surface area contributed by atoms with Gasteiger partial charge in [0.25, 0.3) is 0 Å². The minimum absolute atomic E-state index is 0.00856. The molecular weight excluding hydrogens is 191 g/mol. The third-order valence-corrected chi connectivity index (χ3v) is 1.64. The number of halogens is 1. The zero-order valence-electron chi connectivity index (χ0n) is 8.16. The van der Waals surface area contributed by atoms with E-state index in [0.29, 0.717) is 0 Å². The highest BCUT2D eigenvalue weighted by molar-refractivity contribution is 5.69. The number of carboxylic acids is 1. The first-order valence-corrected chi connectivity index (χ1v) is 4.57.